The number of aliphatic hydroxyl groups is 1. The standard InChI is InChI=1S/C17H25N3O4S/c1-3-4-14-5-6-15(24-14)11-19-7-8-20-13(10-19)9-16(18-20)17(21)12-25(2,22)23/h5-6,9,17,21H,3-4,7-8,10-12H2,1-2H3/t17-/m0/s1. The van der Waals surface area contributed by atoms with Gasteiger partial charge in [-0.15, -0.1) is 0 Å². The first-order valence-corrected chi connectivity index (χ1v) is 10.6. The van der Waals surface area contributed by atoms with E-state index in [1.54, 1.807) is 6.07 Å². The van der Waals surface area contributed by atoms with Crippen LogP contribution in [0.5, 0.6) is 0 Å². The summed E-state index contributed by atoms with van der Waals surface area (Å²) in [4.78, 5) is 2.26. The molecule has 0 bridgehead atoms. The average Bonchev–Trinajstić information content (AvgIpc) is 3.12. The van der Waals surface area contributed by atoms with Crippen molar-refractivity contribution in [2.24, 2.45) is 0 Å². The highest BCUT2D eigenvalue weighted by Gasteiger charge is 2.23. The van der Waals surface area contributed by atoms with E-state index >= 15 is 0 Å². The van der Waals surface area contributed by atoms with E-state index in [1.807, 2.05) is 16.8 Å². The predicted octanol–water partition coefficient (Wildman–Crippen LogP) is 1.52. The smallest absolute Gasteiger partial charge is 0.150 e. The monoisotopic (exact) mass is 367 g/mol. The van der Waals surface area contributed by atoms with Crippen LogP contribution in [0.3, 0.4) is 0 Å². The molecule has 138 valence electrons. The van der Waals surface area contributed by atoms with Gasteiger partial charge in [-0.1, -0.05) is 6.92 Å². The Hall–Kier alpha value is -1.64. The number of aryl methyl sites for hydroxylation is 1. The van der Waals surface area contributed by atoms with Gasteiger partial charge >= 0.3 is 0 Å². The Labute approximate surface area is 148 Å². The molecule has 2 aromatic heterocycles. The van der Waals surface area contributed by atoms with Crippen molar-refractivity contribution in [3.05, 3.63) is 41.1 Å². The molecule has 0 spiro atoms. The van der Waals surface area contributed by atoms with Crippen molar-refractivity contribution >= 4 is 9.84 Å². The second-order valence-corrected chi connectivity index (χ2v) is 8.91. The van der Waals surface area contributed by atoms with Crippen LogP contribution in [0.15, 0.2) is 22.6 Å². The summed E-state index contributed by atoms with van der Waals surface area (Å²) >= 11 is 0. The molecule has 1 N–H and O–H groups in total. The highest BCUT2D eigenvalue weighted by Crippen LogP contribution is 2.21. The molecule has 1 aliphatic rings. The van der Waals surface area contributed by atoms with Crippen LogP contribution >= 0.6 is 0 Å². The Bertz CT molecular complexity index is 825. The van der Waals surface area contributed by atoms with Crippen molar-refractivity contribution < 1.29 is 17.9 Å². The summed E-state index contributed by atoms with van der Waals surface area (Å²) in [6.45, 7) is 5.10. The van der Waals surface area contributed by atoms with E-state index < -0.39 is 15.9 Å². The number of fused-ring (bicyclic) bond motifs is 1. The van der Waals surface area contributed by atoms with E-state index in [1.165, 1.54) is 0 Å². The van der Waals surface area contributed by atoms with Crippen molar-refractivity contribution in [1.29, 1.82) is 0 Å². The summed E-state index contributed by atoms with van der Waals surface area (Å²) in [5.74, 6) is 1.67. The zero-order valence-electron chi connectivity index (χ0n) is 14.7. The van der Waals surface area contributed by atoms with E-state index in [9.17, 15) is 13.5 Å². The minimum atomic E-state index is -3.25. The first-order valence-electron chi connectivity index (χ1n) is 8.56. The number of aliphatic hydroxyl groups excluding tert-OH is 1. The SMILES string of the molecule is CCCc1ccc(CN2CCn3nc([C@@H](O)CS(C)(=O)=O)cc3C2)o1. The number of hydrogen-bond donors (Lipinski definition) is 1. The molecule has 0 fully saturated rings. The van der Waals surface area contributed by atoms with Crippen LogP contribution in [-0.4, -0.2) is 46.8 Å². The molecule has 25 heavy (non-hydrogen) atoms. The third-order valence-electron chi connectivity index (χ3n) is 4.29. The van der Waals surface area contributed by atoms with Crippen molar-refractivity contribution in [2.75, 3.05) is 18.6 Å². The maximum atomic E-state index is 11.3. The molecular weight excluding hydrogens is 342 g/mol. The zero-order valence-corrected chi connectivity index (χ0v) is 15.5. The van der Waals surface area contributed by atoms with Gasteiger partial charge in [0, 0.05) is 25.8 Å². The lowest BCUT2D eigenvalue weighted by molar-refractivity contribution is 0.184. The quantitative estimate of drug-likeness (QED) is 0.798. The summed E-state index contributed by atoms with van der Waals surface area (Å²) in [5.41, 5.74) is 1.40. The van der Waals surface area contributed by atoms with Gasteiger partial charge in [0.25, 0.3) is 0 Å². The lowest BCUT2D eigenvalue weighted by Crippen LogP contribution is -2.33. The Morgan fingerprint density at radius 3 is 2.80 bits per heavy atom. The number of hydrogen-bond acceptors (Lipinski definition) is 6. The molecule has 7 nitrogen and oxygen atoms in total. The lowest BCUT2D eigenvalue weighted by Gasteiger charge is -2.26. The third-order valence-corrected chi connectivity index (χ3v) is 5.21. The fourth-order valence-electron chi connectivity index (χ4n) is 3.12. The summed E-state index contributed by atoms with van der Waals surface area (Å²) in [5, 5.41) is 14.4. The first kappa shape index (κ1) is 18.2. The number of rotatable bonds is 7. The van der Waals surface area contributed by atoms with Crippen molar-refractivity contribution in [2.45, 2.75) is 45.5 Å². The van der Waals surface area contributed by atoms with Crippen LogP contribution in [0.1, 0.15) is 42.4 Å². The minimum absolute atomic E-state index is 0.306. The molecule has 0 radical (unpaired) electrons. The maximum absolute atomic E-state index is 11.3. The Morgan fingerprint density at radius 1 is 1.32 bits per heavy atom. The molecule has 0 aliphatic carbocycles. The van der Waals surface area contributed by atoms with Crippen LogP contribution in [0.4, 0.5) is 0 Å². The highest BCUT2D eigenvalue weighted by atomic mass is 32.2. The minimum Gasteiger partial charge on any atom is -0.465 e. The highest BCUT2D eigenvalue weighted by molar-refractivity contribution is 7.90. The summed E-state index contributed by atoms with van der Waals surface area (Å²) in [7, 11) is -3.25. The van der Waals surface area contributed by atoms with Crippen molar-refractivity contribution in [3.63, 3.8) is 0 Å². The summed E-state index contributed by atoms with van der Waals surface area (Å²) < 4.78 is 30.4. The fourth-order valence-corrected chi connectivity index (χ4v) is 3.87. The molecule has 2 aromatic rings. The first-order chi connectivity index (χ1) is 11.8. The molecule has 1 atom stereocenters. The van der Waals surface area contributed by atoms with Gasteiger partial charge in [0.05, 0.1) is 30.2 Å². The van der Waals surface area contributed by atoms with Crippen LogP contribution in [0, 0.1) is 0 Å². The van der Waals surface area contributed by atoms with Gasteiger partial charge in [-0.2, -0.15) is 5.10 Å². The summed E-state index contributed by atoms with van der Waals surface area (Å²) in [6, 6.07) is 5.86. The van der Waals surface area contributed by atoms with Gasteiger partial charge in [-0.05, 0) is 24.6 Å². The molecule has 3 heterocycles. The predicted molar refractivity (Wildman–Crippen MR) is 93.7 cm³/mol. The average molecular weight is 367 g/mol. The van der Waals surface area contributed by atoms with Gasteiger partial charge in [-0.3, -0.25) is 9.58 Å². The number of furan rings is 1. The van der Waals surface area contributed by atoms with E-state index in [0.717, 1.165) is 49.4 Å². The Balaban J connectivity index is 1.64. The molecule has 0 unspecified atom stereocenters. The molecule has 0 aromatic carbocycles. The van der Waals surface area contributed by atoms with E-state index in [0.29, 0.717) is 18.8 Å². The second kappa shape index (κ2) is 7.31. The van der Waals surface area contributed by atoms with Crippen LogP contribution in [0.2, 0.25) is 0 Å². The number of nitrogens with zero attached hydrogens (tertiary/aromatic N) is 3. The molecule has 0 saturated heterocycles. The maximum Gasteiger partial charge on any atom is 0.150 e. The summed E-state index contributed by atoms with van der Waals surface area (Å²) in [6.07, 6.45) is 2.05. The molecule has 0 saturated carbocycles. The third kappa shape index (κ3) is 4.71. The largest absolute Gasteiger partial charge is 0.465 e. The van der Waals surface area contributed by atoms with Crippen molar-refractivity contribution in [3.8, 4) is 0 Å². The normalized spacial score (nSPS) is 16.8. The van der Waals surface area contributed by atoms with Crippen molar-refractivity contribution in [1.82, 2.24) is 14.7 Å². The Kier molecular flexibility index (Phi) is 5.31. The van der Waals surface area contributed by atoms with Gasteiger partial charge in [0.1, 0.15) is 27.5 Å². The molecule has 3 rings (SSSR count). The number of aromatic nitrogens is 2. The van der Waals surface area contributed by atoms with Crippen LogP contribution in [0.25, 0.3) is 0 Å². The van der Waals surface area contributed by atoms with E-state index in [4.69, 9.17) is 4.42 Å². The van der Waals surface area contributed by atoms with Gasteiger partial charge < -0.3 is 9.52 Å². The molecule has 1 aliphatic heterocycles. The van der Waals surface area contributed by atoms with E-state index in [2.05, 4.69) is 16.9 Å². The fraction of sp³-hybridized carbons (Fsp3) is 0.588. The molecule has 0 amide bonds. The molecular formula is C17H25N3O4S. The second-order valence-electron chi connectivity index (χ2n) is 6.72. The molecule has 8 heteroatoms. The topological polar surface area (TPSA) is 88.6 Å². The van der Waals surface area contributed by atoms with Gasteiger partial charge in [0.15, 0.2) is 0 Å². The van der Waals surface area contributed by atoms with E-state index in [-0.39, 0.29) is 5.75 Å². The van der Waals surface area contributed by atoms with Gasteiger partial charge in [-0.25, -0.2) is 8.42 Å². The Morgan fingerprint density at radius 2 is 2.08 bits per heavy atom. The van der Waals surface area contributed by atoms with Crippen LogP contribution in [-0.2, 0) is 35.9 Å². The zero-order chi connectivity index (χ0) is 18.0. The number of sulfone groups is 1. The lowest BCUT2D eigenvalue weighted by atomic mass is 10.2. The van der Waals surface area contributed by atoms with Crippen LogP contribution < -0.4 is 0 Å². The van der Waals surface area contributed by atoms with Gasteiger partial charge in [0.2, 0.25) is 0 Å².